The summed E-state index contributed by atoms with van der Waals surface area (Å²) in [7, 11) is 1.39. The van der Waals surface area contributed by atoms with Crippen LogP contribution in [0.25, 0.3) is 5.69 Å². The number of carbonyl (C=O) groups is 1. The lowest BCUT2D eigenvalue weighted by Gasteiger charge is -2.12. The van der Waals surface area contributed by atoms with Crippen LogP contribution in [0.3, 0.4) is 0 Å². The lowest BCUT2D eigenvalue weighted by atomic mass is 10.2. The van der Waals surface area contributed by atoms with E-state index in [0.717, 1.165) is 10.8 Å². The molecule has 0 atom stereocenters. The first-order valence-corrected chi connectivity index (χ1v) is 9.09. The van der Waals surface area contributed by atoms with E-state index in [9.17, 15) is 19.5 Å². The zero-order valence-electron chi connectivity index (χ0n) is 15.3. The molecule has 3 aromatic rings. The minimum Gasteiger partial charge on any atom is -0.495 e. The van der Waals surface area contributed by atoms with E-state index in [2.05, 4.69) is 15.3 Å². The van der Waals surface area contributed by atoms with Crippen molar-refractivity contribution >= 4 is 41.1 Å². The maximum Gasteiger partial charge on any atom is 0.345 e. The highest BCUT2D eigenvalue weighted by molar-refractivity contribution is 6.42. The molecule has 0 aliphatic heterocycles. The number of nitrogens with zero attached hydrogens (tertiary/aromatic N) is 2. The topological polar surface area (TPSA) is 126 Å². The molecule has 0 aliphatic rings. The molecule has 1 aromatic heterocycles. The molecule has 2 aromatic carbocycles. The average molecular weight is 449 g/mol. The summed E-state index contributed by atoms with van der Waals surface area (Å²) in [6.07, 6.45) is 0.840. The van der Waals surface area contributed by atoms with Crippen LogP contribution in [0.1, 0.15) is 5.56 Å². The number of aromatic hydroxyl groups is 1. The fourth-order valence-electron chi connectivity index (χ4n) is 2.55. The summed E-state index contributed by atoms with van der Waals surface area (Å²) in [4.78, 5) is 42.1. The Bertz CT molecular complexity index is 1270. The van der Waals surface area contributed by atoms with Crippen molar-refractivity contribution in [1.29, 1.82) is 0 Å². The summed E-state index contributed by atoms with van der Waals surface area (Å²) in [6, 6.07) is 9.95. The van der Waals surface area contributed by atoms with Crippen LogP contribution in [-0.4, -0.2) is 34.0 Å². The SMILES string of the molecule is COc1ccccc1-n1c(O)c(C=NC(=O)Nc2ccc(Cl)c(Cl)c2)c(=O)[nH]c1=O. The van der Waals surface area contributed by atoms with E-state index in [1.165, 1.54) is 31.4 Å². The molecule has 0 saturated carbocycles. The smallest absolute Gasteiger partial charge is 0.345 e. The monoisotopic (exact) mass is 448 g/mol. The van der Waals surface area contributed by atoms with Crippen LogP contribution in [0.4, 0.5) is 10.5 Å². The number of urea groups is 1. The van der Waals surface area contributed by atoms with Crippen LogP contribution in [-0.2, 0) is 0 Å². The molecule has 9 nitrogen and oxygen atoms in total. The van der Waals surface area contributed by atoms with Gasteiger partial charge in [0.2, 0.25) is 5.88 Å². The van der Waals surface area contributed by atoms with Gasteiger partial charge in [0.15, 0.2) is 0 Å². The Morgan fingerprint density at radius 1 is 1.20 bits per heavy atom. The molecule has 3 rings (SSSR count). The van der Waals surface area contributed by atoms with Crippen molar-refractivity contribution in [3.8, 4) is 17.3 Å². The van der Waals surface area contributed by atoms with Gasteiger partial charge in [-0.1, -0.05) is 35.3 Å². The molecule has 2 amide bonds. The molecule has 0 radical (unpaired) electrons. The molecule has 3 N–H and O–H groups in total. The van der Waals surface area contributed by atoms with Crippen LogP contribution < -0.4 is 21.3 Å². The lowest BCUT2D eigenvalue weighted by Crippen LogP contribution is -2.31. The quantitative estimate of drug-likeness (QED) is 0.528. The number of nitrogens with one attached hydrogen (secondary N) is 2. The zero-order chi connectivity index (χ0) is 21.8. The number of aromatic nitrogens is 2. The van der Waals surface area contributed by atoms with Crippen LogP contribution in [0.15, 0.2) is 57.0 Å². The number of hydrogen-bond donors (Lipinski definition) is 3. The highest BCUT2D eigenvalue weighted by Crippen LogP contribution is 2.26. The third-order valence-corrected chi connectivity index (χ3v) is 4.67. The molecule has 1 heterocycles. The molecular formula is C19H14Cl2N4O5. The molecule has 0 bridgehead atoms. The van der Waals surface area contributed by atoms with Crippen LogP contribution in [0, 0.1) is 0 Å². The van der Waals surface area contributed by atoms with Gasteiger partial charge in [0.1, 0.15) is 11.3 Å². The fraction of sp³-hybridized carbons (Fsp3) is 0.0526. The number of H-pyrrole nitrogens is 1. The number of aliphatic imine (C=N–C) groups is 1. The van der Waals surface area contributed by atoms with Gasteiger partial charge >= 0.3 is 11.7 Å². The number of halogens is 2. The van der Waals surface area contributed by atoms with Crippen molar-refractivity contribution in [2.75, 3.05) is 12.4 Å². The molecule has 0 aliphatic carbocycles. The van der Waals surface area contributed by atoms with Crippen LogP contribution in [0.5, 0.6) is 11.6 Å². The molecule has 0 fully saturated rings. The minimum atomic E-state index is -0.922. The van der Waals surface area contributed by atoms with Gasteiger partial charge in [-0.25, -0.2) is 19.1 Å². The van der Waals surface area contributed by atoms with Crippen molar-refractivity contribution in [1.82, 2.24) is 9.55 Å². The summed E-state index contributed by atoms with van der Waals surface area (Å²) in [5, 5.41) is 13.5. The van der Waals surface area contributed by atoms with Gasteiger partial charge in [-0.3, -0.25) is 9.78 Å². The summed E-state index contributed by atoms with van der Waals surface area (Å²) in [5.41, 5.74) is -1.70. The number of carbonyl (C=O) groups excluding carboxylic acids is 1. The Morgan fingerprint density at radius 2 is 1.93 bits per heavy atom. The van der Waals surface area contributed by atoms with E-state index >= 15 is 0 Å². The minimum absolute atomic E-state index is 0.189. The van der Waals surface area contributed by atoms with Gasteiger partial charge < -0.3 is 15.2 Å². The fourth-order valence-corrected chi connectivity index (χ4v) is 2.84. The van der Waals surface area contributed by atoms with Gasteiger partial charge in [0.25, 0.3) is 5.56 Å². The maximum absolute atomic E-state index is 12.3. The summed E-state index contributed by atoms with van der Waals surface area (Å²) < 4.78 is 6.01. The second kappa shape index (κ2) is 8.85. The first-order chi connectivity index (χ1) is 14.3. The number of amides is 2. The number of anilines is 1. The molecular weight excluding hydrogens is 435 g/mol. The van der Waals surface area contributed by atoms with Gasteiger partial charge in [0, 0.05) is 5.69 Å². The Balaban J connectivity index is 1.96. The van der Waals surface area contributed by atoms with E-state index in [1.807, 2.05) is 0 Å². The zero-order valence-corrected chi connectivity index (χ0v) is 16.9. The van der Waals surface area contributed by atoms with Crippen LogP contribution in [0.2, 0.25) is 10.0 Å². The third-order valence-electron chi connectivity index (χ3n) is 3.93. The van der Waals surface area contributed by atoms with E-state index < -0.39 is 28.7 Å². The van der Waals surface area contributed by atoms with Crippen molar-refractivity contribution in [3.05, 3.63) is 78.9 Å². The van der Waals surface area contributed by atoms with Crippen molar-refractivity contribution in [3.63, 3.8) is 0 Å². The largest absolute Gasteiger partial charge is 0.495 e. The molecule has 30 heavy (non-hydrogen) atoms. The lowest BCUT2D eigenvalue weighted by molar-refractivity contribution is 0.259. The predicted octanol–water partition coefficient (Wildman–Crippen LogP) is 3.20. The van der Waals surface area contributed by atoms with E-state index in [1.54, 1.807) is 18.2 Å². The number of benzene rings is 2. The van der Waals surface area contributed by atoms with Gasteiger partial charge in [0.05, 0.1) is 29.1 Å². The highest BCUT2D eigenvalue weighted by atomic mass is 35.5. The van der Waals surface area contributed by atoms with Crippen molar-refractivity contribution < 1.29 is 14.6 Å². The number of hydrogen-bond acceptors (Lipinski definition) is 5. The van der Waals surface area contributed by atoms with Crippen molar-refractivity contribution in [2.45, 2.75) is 0 Å². The maximum atomic E-state index is 12.3. The number of aromatic amines is 1. The van der Waals surface area contributed by atoms with Gasteiger partial charge in [-0.05, 0) is 30.3 Å². The summed E-state index contributed by atoms with van der Waals surface area (Å²) in [5.74, 6) is -0.429. The van der Waals surface area contributed by atoms with E-state index in [4.69, 9.17) is 27.9 Å². The predicted molar refractivity (Wildman–Crippen MR) is 114 cm³/mol. The summed E-state index contributed by atoms with van der Waals surface area (Å²) in [6.45, 7) is 0. The molecule has 0 unspecified atom stereocenters. The second-order valence-electron chi connectivity index (χ2n) is 5.82. The van der Waals surface area contributed by atoms with E-state index in [-0.39, 0.29) is 16.5 Å². The Kier molecular flexibility index (Phi) is 6.24. The first kappa shape index (κ1) is 21.2. The standard InChI is InChI=1S/C19H14Cl2N4O5/c1-30-15-5-3-2-4-14(15)25-17(27)11(16(26)24-19(25)29)9-22-18(28)23-10-6-7-12(20)13(21)8-10/h2-9,27H,1H3,(H,23,28)(H,24,26,29). The van der Waals surface area contributed by atoms with Gasteiger partial charge in [-0.2, -0.15) is 0 Å². The third kappa shape index (κ3) is 4.37. The Labute approximate surface area is 179 Å². The van der Waals surface area contributed by atoms with Crippen LogP contribution >= 0.6 is 23.2 Å². The Hall–Kier alpha value is -3.56. The van der Waals surface area contributed by atoms with Gasteiger partial charge in [-0.15, -0.1) is 0 Å². The normalized spacial score (nSPS) is 10.9. The first-order valence-electron chi connectivity index (χ1n) is 8.33. The number of ether oxygens (including phenoxy) is 1. The highest BCUT2D eigenvalue weighted by Gasteiger charge is 2.17. The molecule has 154 valence electrons. The average Bonchev–Trinajstić information content (AvgIpc) is 2.70. The number of para-hydroxylation sites is 2. The van der Waals surface area contributed by atoms with E-state index in [0.29, 0.717) is 10.7 Å². The number of methoxy groups -OCH3 is 1. The van der Waals surface area contributed by atoms with Crippen molar-refractivity contribution in [2.24, 2.45) is 4.99 Å². The molecule has 0 spiro atoms. The Morgan fingerprint density at radius 3 is 2.63 bits per heavy atom. The summed E-state index contributed by atoms with van der Waals surface area (Å²) >= 11 is 11.7. The molecule has 11 heteroatoms. The number of rotatable bonds is 4. The second-order valence-corrected chi connectivity index (χ2v) is 6.64. The molecule has 0 saturated heterocycles.